The van der Waals surface area contributed by atoms with Gasteiger partial charge in [-0.25, -0.2) is 0 Å². The third kappa shape index (κ3) is 2.30. The Kier molecular flexibility index (Phi) is 3.23. The van der Waals surface area contributed by atoms with Crippen LogP contribution in [0, 0.1) is 0 Å². The highest BCUT2D eigenvalue weighted by Gasteiger charge is 2.20. The van der Waals surface area contributed by atoms with E-state index in [4.69, 9.17) is 9.84 Å². The van der Waals surface area contributed by atoms with Gasteiger partial charge in [-0.3, -0.25) is 0 Å². The first-order valence-electron chi connectivity index (χ1n) is 5.36. The van der Waals surface area contributed by atoms with E-state index < -0.39 is 0 Å². The van der Waals surface area contributed by atoms with E-state index in [0.717, 1.165) is 24.2 Å². The first kappa shape index (κ1) is 10.5. The zero-order chi connectivity index (χ0) is 10.7. The van der Waals surface area contributed by atoms with Crippen molar-refractivity contribution >= 4 is 0 Å². The van der Waals surface area contributed by atoms with Gasteiger partial charge >= 0.3 is 0 Å². The molecule has 0 fully saturated rings. The van der Waals surface area contributed by atoms with Gasteiger partial charge in [0.15, 0.2) is 0 Å². The normalized spacial score (nSPS) is 18.9. The molecule has 0 saturated heterocycles. The molecule has 1 aliphatic rings. The number of aliphatic hydroxyl groups excluding tert-OH is 2. The molecule has 3 heteroatoms. The quantitative estimate of drug-likeness (QED) is 0.736. The molecule has 1 atom stereocenters. The highest BCUT2D eigenvalue weighted by atomic mass is 16.5. The summed E-state index contributed by atoms with van der Waals surface area (Å²) in [7, 11) is 0. The first-order chi connectivity index (χ1) is 7.31. The van der Waals surface area contributed by atoms with E-state index >= 15 is 0 Å². The Labute approximate surface area is 89.3 Å². The van der Waals surface area contributed by atoms with E-state index in [0.29, 0.717) is 13.0 Å². The fraction of sp³-hybridized carbons (Fsp3) is 0.500. The molecule has 2 rings (SSSR count). The van der Waals surface area contributed by atoms with Crippen LogP contribution in [0.1, 0.15) is 30.1 Å². The molecule has 1 unspecified atom stereocenters. The van der Waals surface area contributed by atoms with Gasteiger partial charge in [-0.15, -0.1) is 0 Å². The summed E-state index contributed by atoms with van der Waals surface area (Å²) in [6.07, 6.45) is 2.09. The maximum atomic E-state index is 9.61. The largest absolute Gasteiger partial charge is 0.493 e. The molecule has 82 valence electrons. The molecule has 3 nitrogen and oxygen atoms in total. The maximum absolute atomic E-state index is 9.61. The molecule has 15 heavy (non-hydrogen) atoms. The maximum Gasteiger partial charge on any atom is 0.119 e. The van der Waals surface area contributed by atoms with E-state index in [-0.39, 0.29) is 12.7 Å². The van der Waals surface area contributed by atoms with Crippen molar-refractivity contribution in [2.75, 3.05) is 13.2 Å². The van der Waals surface area contributed by atoms with Crippen molar-refractivity contribution in [2.45, 2.75) is 25.4 Å². The Morgan fingerprint density at radius 3 is 3.07 bits per heavy atom. The van der Waals surface area contributed by atoms with Gasteiger partial charge < -0.3 is 14.9 Å². The van der Waals surface area contributed by atoms with Crippen molar-refractivity contribution < 1.29 is 14.9 Å². The lowest BCUT2D eigenvalue weighted by molar-refractivity contribution is 0.180. The third-order valence-corrected chi connectivity index (χ3v) is 2.73. The Hall–Kier alpha value is -1.06. The van der Waals surface area contributed by atoms with Crippen molar-refractivity contribution in [1.82, 2.24) is 0 Å². The average molecular weight is 208 g/mol. The van der Waals surface area contributed by atoms with Crippen LogP contribution in [0.25, 0.3) is 0 Å². The predicted molar refractivity (Wildman–Crippen MR) is 56.9 cm³/mol. The van der Waals surface area contributed by atoms with Crippen LogP contribution in [0.15, 0.2) is 18.2 Å². The van der Waals surface area contributed by atoms with Crippen LogP contribution < -0.4 is 4.74 Å². The number of ether oxygens (including phenoxy) is 1. The molecular formula is C12H16O3. The zero-order valence-electron chi connectivity index (χ0n) is 8.65. The fourth-order valence-corrected chi connectivity index (χ4v) is 1.92. The predicted octanol–water partition coefficient (Wildman–Crippen LogP) is 1.43. The Bertz CT molecular complexity index is 336. The topological polar surface area (TPSA) is 49.7 Å². The number of hydrogen-bond acceptors (Lipinski definition) is 3. The van der Waals surface area contributed by atoms with Gasteiger partial charge in [0.25, 0.3) is 0 Å². The second-order valence-corrected chi connectivity index (χ2v) is 3.84. The standard InChI is InChI=1S/C12H16O3/c13-6-1-7-15-10-3-4-11-9(8-10)2-5-12(11)14/h3-4,8,12-14H,1-2,5-7H2. The number of benzene rings is 1. The summed E-state index contributed by atoms with van der Waals surface area (Å²) in [4.78, 5) is 0. The van der Waals surface area contributed by atoms with Gasteiger partial charge in [0.1, 0.15) is 5.75 Å². The summed E-state index contributed by atoms with van der Waals surface area (Å²) in [5.74, 6) is 0.830. The van der Waals surface area contributed by atoms with E-state index in [1.807, 2.05) is 18.2 Å². The zero-order valence-corrected chi connectivity index (χ0v) is 8.65. The van der Waals surface area contributed by atoms with Crippen molar-refractivity contribution in [2.24, 2.45) is 0 Å². The molecule has 0 aromatic heterocycles. The second-order valence-electron chi connectivity index (χ2n) is 3.84. The van der Waals surface area contributed by atoms with Crippen molar-refractivity contribution in [3.05, 3.63) is 29.3 Å². The van der Waals surface area contributed by atoms with Crippen LogP contribution in [0.3, 0.4) is 0 Å². The summed E-state index contributed by atoms with van der Waals surface area (Å²) in [6.45, 7) is 0.696. The summed E-state index contributed by atoms with van der Waals surface area (Å²) in [5, 5.41) is 18.2. The van der Waals surface area contributed by atoms with Crippen LogP contribution in [0.5, 0.6) is 5.75 Å². The average Bonchev–Trinajstić information content (AvgIpc) is 2.61. The fourth-order valence-electron chi connectivity index (χ4n) is 1.92. The SMILES string of the molecule is OCCCOc1ccc2c(c1)CCC2O. The van der Waals surface area contributed by atoms with Gasteiger partial charge in [0, 0.05) is 13.0 Å². The van der Waals surface area contributed by atoms with E-state index in [1.54, 1.807) is 0 Å². The van der Waals surface area contributed by atoms with Crippen molar-refractivity contribution in [3.63, 3.8) is 0 Å². The molecule has 1 aromatic carbocycles. The molecule has 0 aliphatic heterocycles. The van der Waals surface area contributed by atoms with Crippen LogP contribution in [-0.2, 0) is 6.42 Å². The lowest BCUT2D eigenvalue weighted by atomic mass is 10.1. The number of aliphatic hydroxyl groups is 2. The summed E-state index contributed by atoms with van der Waals surface area (Å²) < 4.78 is 5.47. The van der Waals surface area contributed by atoms with Gasteiger partial charge in [0.2, 0.25) is 0 Å². The third-order valence-electron chi connectivity index (χ3n) is 2.73. The van der Waals surface area contributed by atoms with Crippen LogP contribution in [-0.4, -0.2) is 23.4 Å². The molecule has 0 amide bonds. The Balaban J connectivity index is 2.03. The minimum atomic E-state index is -0.300. The van der Waals surface area contributed by atoms with E-state index in [2.05, 4.69) is 0 Å². The van der Waals surface area contributed by atoms with E-state index in [9.17, 15) is 5.11 Å². The summed E-state index contributed by atoms with van der Waals surface area (Å²) >= 11 is 0. The van der Waals surface area contributed by atoms with Gasteiger partial charge in [-0.2, -0.15) is 0 Å². The smallest absolute Gasteiger partial charge is 0.119 e. The number of rotatable bonds is 4. The van der Waals surface area contributed by atoms with Crippen LogP contribution in [0.2, 0.25) is 0 Å². The number of hydrogen-bond donors (Lipinski definition) is 2. The molecule has 2 N–H and O–H groups in total. The molecule has 1 aliphatic carbocycles. The second kappa shape index (κ2) is 4.64. The van der Waals surface area contributed by atoms with Crippen molar-refractivity contribution in [3.8, 4) is 5.75 Å². The Morgan fingerprint density at radius 2 is 2.27 bits per heavy atom. The molecule has 0 spiro atoms. The number of fused-ring (bicyclic) bond motifs is 1. The number of aryl methyl sites for hydroxylation is 1. The van der Waals surface area contributed by atoms with Gasteiger partial charge in [-0.1, -0.05) is 6.07 Å². The van der Waals surface area contributed by atoms with Crippen LogP contribution >= 0.6 is 0 Å². The summed E-state index contributed by atoms with van der Waals surface area (Å²) in [6, 6.07) is 5.80. The first-order valence-corrected chi connectivity index (χ1v) is 5.36. The van der Waals surface area contributed by atoms with Crippen LogP contribution in [0.4, 0.5) is 0 Å². The van der Waals surface area contributed by atoms with E-state index in [1.165, 1.54) is 5.56 Å². The monoisotopic (exact) mass is 208 g/mol. The molecular weight excluding hydrogens is 192 g/mol. The lowest BCUT2D eigenvalue weighted by Gasteiger charge is -2.08. The molecule has 1 aromatic rings. The highest BCUT2D eigenvalue weighted by molar-refractivity contribution is 5.39. The summed E-state index contributed by atoms with van der Waals surface area (Å²) in [5.41, 5.74) is 2.22. The van der Waals surface area contributed by atoms with Crippen molar-refractivity contribution in [1.29, 1.82) is 0 Å². The molecule has 0 bridgehead atoms. The van der Waals surface area contributed by atoms with Gasteiger partial charge in [-0.05, 0) is 36.1 Å². The lowest BCUT2D eigenvalue weighted by Crippen LogP contribution is -2.00. The molecule has 0 saturated carbocycles. The van der Waals surface area contributed by atoms with Gasteiger partial charge in [0.05, 0.1) is 12.7 Å². The molecule has 0 heterocycles. The minimum Gasteiger partial charge on any atom is -0.493 e. The Morgan fingerprint density at radius 1 is 1.40 bits per heavy atom. The molecule has 0 radical (unpaired) electrons. The minimum absolute atomic E-state index is 0.156. The highest BCUT2D eigenvalue weighted by Crippen LogP contribution is 2.33.